The number of hydrogen-bond donors (Lipinski definition) is 1. The summed E-state index contributed by atoms with van der Waals surface area (Å²) < 4.78 is 11.1. The molecule has 0 amide bonds. The summed E-state index contributed by atoms with van der Waals surface area (Å²) in [5.41, 5.74) is 0. The van der Waals surface area contributed by atoms with Crippen molar-refractivity contribution in [2.75, 3.05) is 59.1 Å². The molecule has 1 aliphatic rings. The highest BCUT2D eigenvalue weighted by molar-refractivity contribution is 4.72. The van der Waals surface area contributed by atoms with Crippen LogP contribution in [0, 0.1) is 0 Å². The second kappa shape index (κ2) is 8.83. The molecule has 1 saturated heterocycles. The second-order valence-electron chi connectivity index (χ2n) is 4.21. The maximum atomic E-state index is 8.87. The monoisotopic (exact) mass is 246 g/mol. The number of aliphatic hydroxyl groups is 1. The van der Waals surface area contributed by atoms with Gasteiger partial charge in [0.15, 0.2) is 6.29 Å². The highest BCUT2D eigenvalue weighted by Gasteiger charge is 2.19. The smallest absolute Gasteiger partial charge is 0.170 e. The van der Waals surface area contributed by atoms with E-state index in [1.807, 2.05) is 13.8 Å². The van der Waals surface area contributed by atoms with Crippen LogP contribution in [0.25, 0.3) is 0 Å². The molecule has 5 nitrogen and oxygen atoms in total. The third-order valence-electron chi connectivity index (χ3n) is 2.99. The molecule has 0 unspecified atom stereocenters. The highest BCUT2D eigenvalue weighted by Crippen LogP contribution is 2.05. The summed E-state index contributed by atoms with van der Waals surface area (Å²) >= 11 is 0. The minimum absolute atomic E-state index is 0.102. The lowest BCUT2D eigenvalue weighted by Crippen LogP contribution is -2.49. The van der Waals surface area contributed by atoms with E-state index in [0.717, 1.165) is 39.3 Å². The van der Waals surface area contributed by atoms with Gasteiger partial charge in [-0.3, -0.25) is 9.80 Å². The molecule has 0 aromatic heterocycles. The summed E-state index contributed by atoms with van der Waals surface area (Å²) in [6.45, 7) is 11.3. The Kier molecular flexibility index (Phi) is 7.72. The number of piperazine rings is 1. The fourth-order valence-corrected chi connectivity index (χ4v) is 2.07. The van der Waals surface area contributed by atoms with Gasteiger partial charge in [-0.25, -0.2) is 0 Å². The van der Waals surface area contributed by atoms with Crippen molar-refractivity contribution in [1.29, 1.82) is 0 Å². The van der Waals surface area contributed by atoms with Crippen LogP contribution in [-0.4, -0.2) is 80.3 Å². The zero-order valence-corrected chi connectivity index (χ0v) is 11.1. The third-order valence-corrected chi connectivity index (χ3v) is 2.99. The SMILES string of the molecule is CCOC(CN1CCN(CCO)CC1)OCC. The van der Waals surface area contributed by atoms with Gasteiger partial charge in [-0.15, -0.1) is 0 Å². The van der Waals surface area contributed by atoms with E-state index in [-0.39, 0.29) is 12.9 Å². The largest absolute Gasteiger partial charge is 0.395 e. The van der Waals surface area contributed by atoms with Crippen molar-refractivity contribution >= 4 is 0 Å². The summed E-state index contributed by atoms with van der Waals surface area (Å²) in [6, 6.07) is 0. The first-order valence-corrected chi connectivity index (χ1v) is 6.58. The fraction of sp³-hybridized carbons (Fsp3) is 1.00. The summed E-state index contributed by atoms with van der Waals surface area (Å²) in [7, 11) is 0. The number of rotatable bonds is 8. The lowest BCUT2D eigenvalue weighted by atomic mass is 10.3. The molecule has 0 aromatic rings. The molecule has 0 bridgehead atoms. The minimum Gasteiger partial charge on any atom is -0.395 e. The van der Waals surface area contributed by atoms with Gasteiger partial charge in [-0.2, -0.15) is 0 Å². The number of β-amino-alcohol motifs (C(OH)–C–C–N with tert-alkyl or cyclic N) is 1. The van der Waals surface area contributed by atoms with E-state index in [2.05, 4.69) is 9.80 Å². The Morgan fingerprint density at radius 3 is 2.00 bits per heavy atom. The van der Waals surface area contributed by atoms with Crippen LogP contribution in [0.2, 0.25) is 0 Å². The molecule has 102 valence electrons. The second-order valence-corrected chi connectivity index (χ2v) is 4.21. The van der Waals surface area contributed by atoms with Crippen LogP contribution >= 0.6 is 0 Å². The summed E-state index contributed by atoms with van der Waals surface area (Å²) in [5.74, 6) is 0. The Labute approximate surface area is 104 Å². The topological polar surface area (TPSA) is 45.2 Å². The average molecular weight is 246 g/mol. The fourth-order valence-electron chi connectivity index (χ4n) is 2.07. The molecule has 1 N–H and O–H groups in total. The van der Waals surface area contributed by atoms with Gasteiger partial charge in [0.2, 0.25) is 0 Å². The van der Waals surface area contributed by atoms with Crippen LogP contribution in [0.3, 0.4) is 0 Å². The normalized spacial score (nSPS) is 19.1. The van der Waals surface area contributed by atoms with Crippen molar-refractivity contribution in [3.05, 3.63) is 0 Å². The number of nitrogens with zero attached hydrogens (tertiary/aromatic N) is 2. The van der Waals surface area contributed by atoms with E-state index < -0.39 is 0 Å². The van der Waals surface area contributed by atoms with Gasteiger partial charge >= 0.3 is 0 Å². The van der Waals surface area contributed by atoms with Gasteiger partial charge in [0.05, 0.1) is 6.61 Å². The van der Waals surface area contributed by atoms with Crippen molar-refractivity contribution in [3.63, 3.8) is 0 Å². The van der Waals surface area contributed by atoms with Gasteiger partial charge in [0.25, 0.3) is 0 Å². The van der Waals surface area contributed by atoms with E-state index in [0.29, 0.717) is 13.2 Å². The van der Waals surface area contributed by atoms with Crippen molar-refractivity contribution in [2.45, 2.75) is 20.1 Å². The van der Waals surface area contributed by atoms with E-state index in [1.54, 1.807) is 0 Å². The number of ether oxygens (including phenoxy) is 2. The Morgan fingerprint density at radius 1 is 1.00 bits per heavy atom. The van der Waals surface area contributed by atoms with E-state index >= 15 is 0 Å². The van der Waals surface area contributed by atoms with Crippen LogP contribution in [-0.2, 0) is 9.47 Å². The number of hydrogen-bond acceptors (Lipinski definition) is 5. The third kappa shape index (κ3) is 5.79. The molecule has 1 rings (SSSR count). The Bertz CT molecular complexity index is 179. The Hall–Kier alpha value is -0.200. The first-order valence-electron chi connectivity index (χ1n) is 6.58. The molecule has 0 atom stereocenters. The van der Waals surface area contributed by atoms with Gasteiger partial charge in [0.1, 0.15) is 0 Å². The molecule has 1 heterocycles. The van der Waals surface area contributed by atoms with Crippen LogP contribution in [0.15, 0.2) is 0 Å². The molecule has 1 fully saturated rings. The molecular formula is C12H26N2O3. The van der Waals surface area contributed by atoms with E-state index in [4.69, 9.17) is 14.6 Å². The quantitative estimate of drug-likeness (QED) is 0.611. The van der Waals surface area contributed by atoms with Crippen LogP contribution < -0.4 is 0 Å². The van der Waals surface area contributed by atoms with Crippen molar-refractivity contribution in [1.82, 2.24) is 9.80 Å². The lowest BCUT2D eigenvalue weighted by molar-refractivity contribution is -0.149. The summed E-state index contributed by atoms with van der Waals surface area (Å²) in [5, 5.41) is 8.87. The maximum absolute atomic E-state index is 8.87. The van der Waals surface area contributed by atoms with Gasteiger partial charge < -0.3 is 14.6 Å². The molecule has 0 saturated carbocycles. The first kappa shape index (κ1) is 14.9. The Morgan fingerprint density at radius 2 is 1.53 bits per heavy atom. The van der Waals surface area contributed by atoms with Gasteiger partial charge in [-0.1, -0.05) is 0 Å². The summed E-state index contributed by atoms with van der Waals surface area (Å²) in [4.78, 5) is 4.65. The molecule has 0 spiro atoms. The predicted molar refractivity (Wildman–Crippen MR) is 67.0 cm³/mol. The molecule has 0 aromatic carbocycles. The molecular weight excluding hydrogens is 220 g/mol. The highest BCUT2D eigenvalue weighted by atomic mass is 16.7. The van der Waals surface area contributed by atoms with Crippen molar-refractivity contribution in [3.8, 4) is 0 Å². The molecule has 0 aliphatic carbocycles. The van der Waals surface area contributed by atoms with Crippen molar-refractivity contribution < 1.29 is 14.6 Å². The zero-order valence-electron chi connectivity index (χ0n) is 11.1. The van der Waals surface area contributed by atoms with Crippen LogP contribution in [0.1, 0.15) is 13.8 Å². The lowest BCUT2D eigenvalue weighted by Gasteiger charge is -2.35. The molecule has 5 heteroatoms. The average Bonchev–Trinajstić information content (AvgIpc) is 2.33. The maximum Gasteiger partial charge on any atom is 0.170 e. The Balaban J connectivity index is 2.22. The van der Waals surface area contributed by atoms with E-state index in [9.17, 15) is 0 Å². The summed E-state index contributed by atoms with van der Waals surface area (Å²) in [6.07, 6.45) is -0.102. The van der Waals surface area contributed by atoms with Crippen molar-refractivity contribution in [2.24, 2.45) is 0 Å². The van der Waals surface area contributed by atoms with E-state index in [1.165, 1.54) is 0 Å². The first-order chi connectivity index (χ1) is 8.30. The van der Waals surface area contributed by atoms with Gasteiger partial charge in [-0.05, 0) is 13.8 Å². The number of aliphatic hydroxyl groups excluding tert-OH is 1. The molecule has 17 heavy (non-hydrogen) atoms. The van der Waals surface area contributed by atoms with Crippen LogP contribution in [0.4, 0.5) is 0 Å². The van der Waals surface area contributed by atoms with Gasteiger partial charge in [0, 0.05) is 52.5 Å². The minimum atomic E-state index is -0.102. The molecule has 0 radical (unpaired) electrons. The molecule has 1 aliphatic heterocycles. The standard InChI is InChI=1S/C12H26N2O3/c1-3-16-12(17-4-2)11-14-7-5-13(6-8-14)9-10-15/h12,15H,3-11H2,1-2H3. The predicted octanol–water partition coefficient (Wildman–Crippen LogP) is -0.00460. The van der Waals surface area contributed by atoms with Crippen LogP contribution in [0.5, 0.6) is 0 Å². The zero-order chi connectivity index (χ0) is 12.5.